The molecule has 3 rings (SSSR count). The highest BCUT2D eigenvalue weighted by Crippen LogP contribution is 2.38. The summed E-state index contributed by atoms with van der Waals surface area (Å²) in [6, 6.07) is 3.00. The summed E-state index contributed by atoms with van der Waals surface area (Å²) in [7, 11) is 0. The van der Waals surface area contributed by atoms with Crippen molar-refractivity contribution in [3.05, 3.63) is 41.7 Å². The number of hydrogen-bond acceptors (Lipinski definition) is 5. The molecule has 31 heavy (non-hydrogen) atoms. The van der Waals surface area contributed by atoms with Gasteiger partial charge in [0.05, 0.1) is 17.2 Å². The molecule has 0 radical (unpaired) electrons. The van der Waals surface area contributed by atoms with Crippen molar-refractivity contribution in [3.8, 4) is 17.5 Å². The maximum absolute atomic E-state index is 13.0. The fourth-order valence-corrected chi connectivity index (χ4v) is 2.95. The van der Waals surface area contributed by atoms with E-state index >= 15 is 0 Å². The van der Waals surface area contributed by atoms with Crippen molar-refractivity contribution in [3.63, 3.8) is 0 Å². The highest BCUT2D eigenvalue weighted by atomic mass is 19.4. The second kappa shape index (κ2) is 8.38. The molecule has 0 saturated carbocycles. The minimum Gasteiger partial charge on any atom is -0.271 e. The third kappa shape index (κ3) is 5.21. The summed E-state index contributed by atoms with van der Waals surface area (Å²) in [5.74, 6) is -0.829. The summed E-state index contributed by atoms with van der Waals surface area (Å²) in [6.45, 7) is 0.986. The van der Waals surface area contributed by atoms with Crippen LogP contribution in [0.3, 0.4) is 0 Å². The first-order valence-corrected chi connectivity index (χ1v) is 8.81. The topological polar surface area (TPSA) is 78.0 Å². The molecular formula is C18H14F6N6O. The van der Waals surface area contributed by atoms with Crippen LogP contribution in [0.2, 0.25) is 0 Å². The van der Waals surface area contributed by atoms with Crippen LogP contribution in [0.5, 0.6) is 0 Å². The molecular weight excluding hydrogens is 430 g/mol. The van der Waals surface area contributed by atoms with Crippen molar-refractivity contribution >= 4 is 12.1 Å². The van der Waals surface area contributed by atoms with E-state index in [1.807, 2.05) is 6.07 Å². The lowest BCUT2D eigenvalue weighted by Gasteiger charge is -2.24. The summed E-state index contributed by atoms with van der Waals surface area (Å²) in [6.07, 6.45) is -5.97. The standard InChI is InChI=1S/C18H14F6N6O/c19-17(20,21)13-8-12(9-14(10-13)18(22,23)24)16-26-11-28(27-16)6-2-15(31)30-5-1-4-29(30)7-3-25/h2,6,8-11H,1,4-5,7H2. The number of hydrogen-bond donors (Lipinski definition) is 0. The Bertz CT molecular complexity index is 1000. The van der Waals surface area contributed by atoms with Crippen LogP contribution in [-0.4, -0.2) is 50.3 Å². The molecule has 1 aliphatic heterocycles. The van der Waals surface area contributed by atoms with Gasteiger partial charge in [-0.05, 0) is 24.6 Å². The zero-order valence-corrected chi connectivity index (χ0v) is 15.7. The monoisotopic (exact) mass is 444 g/mol. The highest BCUT2D eigenvalue weighted by Gasteiger charge is 2.37. The van der Waals surface area contributed by atoms with Crippen molar-refractivity contribution < 1.29 is 31.1 Å². The fraction of sp³-hybridized carbons (Fsp3) is 0.333. The van der Waals surface area contributed by atoms with E-state index in [4.69, 9.17) is 5.26 Å². The van der Waals surface area contributed by atoms with Crippen LogP contribution in [0.15, 0.2) is 30.6 Å². The Balaban J connectivity index is 1.84. The fourth-order valence-electron chi connectivity index (χ4n) is 2.95. The summed E-state index contributed by atoms with van der Waals surface area (Å²) >= 11 is 0. The molecule has 1 aromatic heterocycles. The summed E-state index contributed by atoms with van der Waals surface area (Å²) in [5.41, 5.74) is -3.43. The third-order valence-corrected chi connectivity index (χ3v) is 4.36. The number of nitriles is 1. The van der Waals surface area contributed by atoms with Crippen LogP contribution in [0.1, 0.15) is 17.5 Å². The smallest absolute Gasteiger partial charge is 0.271 e. The Morgan fingerprint density at radius 2 is 1.74 bits per heavy atom. The molecule has 7 nitrogen and oxygen atoms in total. The first kappa shape index (κ1) is 22.3. The number of carbonyl (C=O) groups is 1. The van der Waals surface area contributed by atoms with Gasteiger partial charge in [0, 0.05) is 30.9 Å². The number of alkyl halides is 6. The summed E-state index contributed by atoms with van der Waals surface area (Å²) < 4.78 is 79.1. The van der Waals surface area contributed by atoms with Crippen LogP contribution >= 0.6 is 0 Å². The Kier molecular flexibility index (Phi) is 6.03. The average Bonchev–Trinajstić information content (AvgIpc) is 3.34. The molecule has 164 valence electrons. The van der Waals surface area contributed by atoms with E-state index in [0.29, 0.717) is 31.6 Å². The molecule has 1 fully saturated rings. The summed E-state index contributed by atoms with van der Waals surface area (Å²) in [5, 5.41) is 15.5. The first-order valence-electron chi connectivity index (χ1n) is 8.81. The molecule has 13 heteroatoms. The molecule has 0 atom stereocenters. The Morgan fingerprint density at radius 1 is 1.10 bits per heavy atom. The van der Waals surface area contributed by atoms with Crippen LogP contribution in [-0.2, 0) is 17.1 Å². The number of hydrazine groups is 1. The van der Waals surface area contributed by atoms with Gasteiger partial charge in [0.1, 0.15) is 12.9 Å². The number of halogens is 6. The molecule has 1 saturated heterocycles. The summed E-state index contributed by atoms with van der Waals surface area (Å²) in [4.78, 5) is 16.0. The molecule has 1 aromatic carbocycles. The lowest BCUT2D eigenvalue weighted by molar-refractivity contribution is -0.143. The third-order valence-electron chi connectivity index (χ3n) is 4.36. The lowest BCUT2D eigenvalue weighted by atomic mass is 10.0. The van der Waals surface area contributed by atoms with Gasteiger partial charge in [-0.25, -0.2) is 14.7 Å². The van der Waals surface area contributed by atoms with Gasteiger partial charge in [0.2, 0.25) is 0 Å². The van der Waals surface area contributed by atoms with Gasteiger partial charge in [0.25, 0.3) is 5.91 Å². The second-order valence-electron chi connectivity index (χ2n) is 6.52. The molecule has 0 N–H and O–H groups in total. The SMILES string of the molecule is N#CCN1CCCN1C(=O)C=Cn1cnc(-c2cc(C(F)(F)F)cc(C(F)(F)F)c2)n1. The van der Waals surface area contributed by atoms with E-state index < -0.39 is 35.0 Å². The normalized spacial score (nSPS) is 15.6. The maximum Gasteiger partial charge on any atom is 0.416 e. The van der Waals surface area contributed by atoms with Crippen LogP contribution < -0.4 is 0 Å². The van der Waals surface area contributed by atoms with Crippen molar-refractivity contribution in [2.45, 2.75) is 18.8 Å². The zero-order valence-electron chi connectivity index (χ0n) is 15.7. The molecule has 2 heterocycles. The predicted molar refractivity (Wildman–Crippen MR) is 94.3 cm³/mol. The van der Waals surface area contributed by atoms with Gasteiger partial charge in [0.15, 0.2) is 5.82 Å². The van der Waals surface area contributed by atoms with Gasteiger partial charge < -0.3 is 0 Å². The van der Waals surface area contributed by atoms with E-state index in [-0.39, 0.29) is 18.4 Å². The molecule has 0 aliphatic carbocycles. The number of aromatic nitrogens is 3. The van der Waals surface area contributed by atoms with Crippen LogP contribution in [0.4, 0.5) is 26.3 Å². The quantitative estimate of drug-likeness (QED) is 0.410. The van der Waals surface area contributed by atoms with Crippen LogP contribution in [0.25, 0.3) is 17.6 Å². The van der Waals surface area contributed by atoms with E-state index in [2.05, 4.69) is 10.1 Å². The molecule has 1 amide bonds. The molecule has 0 unspecified atom stereocenters. The Labute approximate surface area is 171 Å². The lowest BCUT2D eigenvalue weighted by Crippen LogP contribution is -2.40. The van der Waals surface area contributed by atoms with Crippen molar-refractivity contribution in [1.82, 2.24) is 24.8 Å². The molecule has 1 aliphatic rings. The van der Waals surface area contributed by atoms with Gasteiger partial charge in [-0.15, -0.1) is 5.10 Å². The number of carbonyl (C=O) groups excluding carboxylic acids is 1. The van der Waals surface area contributed by atoms with E-state index in [0.717, 1.165) is 17.1 Å². The van der Waals surface area contributed by atoms with E-state index in [1.54, 1.807) is 5.01 Å². The number of benzene rings is 1. The van der Waals surface area contributed by atoms with Gasteiger partial charge in [-0.3, -0.25) is 9.80 Å². The van der Waals surface area contributed by atoms with Crippen molar-refractivity contribution in [1.29, 1.82) is 5.26 Å². The number of rotatable bonds is 4. The first-order chi connectivity index (χ1) is 14.5. The minimum absolute atomic E-state index is 0.0160. The number of amides is 1. The molecule has 0 bridgehead atoms. The maximum atomic E-state index is 13.0. The van der Waals surface area contributed by atoms with Gasteiger partial charge in [-0.2, -0.15) is 31.6 Å². The predicted octanol–water partition coefficient (Wildman–Crippen LogP) is 3.43. The second-order valence-corrected chi connectivity index (χ2v) is 6.52. The largest absolute Gasteiger partial charge is 0.416 e. The Morgan fingerprint density at radius 3 is 2.32 bits per heavy atom. The zero-order chi connectivity index (χ0) is 22.8. The Hall–Kier alpha value is -3.40. The van der Waals surface area contributed by atoms with E-state index in [1.165, 1.54) is 11.2 Å². The van der Waals surface area contributed by atoms with Gasteiger partial charge >= 0.3 is 12.4 Å². The van der Waals surface area contributed by atoms with E-state index in [9.17, 15) is 31.1 Å². The molecule has 0 spiro atoms. The minimum atomic E-state index is -4.99. The van der Waals surface area contributed by atoms with Gasteiger partial charge in [-0.1, -0.05) is 0 Å². The highest BCUT2D eigenvalue weighted by molar-refractivity contribution is 5.89. The molecule has 2 aromatic rings. The van der Waals surface area contributed by atoms with Crippen molar-refractivity contribution in [2.75, 3.05) is 19.6 Å². The average molecular weight is 444 g/mol. The van der Waals surface area contributed by atoms with Crippen molar-refractivity contribution in [2.24, 2.45) is 0 Å². The van der Waals surface area contributed by atoms with Crippen LogP contribution in [0, 0.1) is 11.3 Å². The number of nitrogens with zero attached hydrogens (tertiary/aromatic N) is 6.